The van der Waals surface area contributed by atoms with Crippen LogP contribution in [0.25, 0.3) is 0 Å². The molecule has 3 aliphatic heterocycles. The quantitative estimate of drug-likeness (QED) is 0.512. The van der Waals surface area contributed by atoms with Crippen molar-refractivity contribution in [3.63, 3.8) is 0 Å². The van der Waals surface area contributed by atoms with E-state index in [1.165, 1.54) is 16.7 Å². The predicted octanol–water partition coefficient (Wildman–Crippen LogP) is 3.59. The molecule has 4 nitrogen and oxygen atoms in total. The molecular formula is C25H24N2O2. The van der Waals surface area contributed by atoms with E-state index < -0.39 is 0 Å². The van der Waals surface area contributed by atoms with Crippen molar-refractivity contribution in [2.75, 3.05) is 6.61 Å². The fourth-order valence-corrected chi connectivity index (χ4v) is 4.19. The molecule has 0 fully saturated rings. The Morgan fingerprint density at radius 1 is 0.862 bits per heavy atom. The second-order valence-corrected chi connectivity index (χ2v) is 7.90. The van der Waals surface area contributed by atoms with Gasteiger partial charge < -0.3 is 9.94 Å². The first-order valence-electron chi connectivity index (χ1n) is 10.3. The standard InChI is InChI=1S/C25H24N2O2/c28-27-23-14-11-19-8-6-18(7-9-19)10-12-21(13-15-23)24(27)25-26-22(17-29-25)16-20-4-2-1-3-5-20/h1-9,13,15,22H,10-12,14,16-17H2/t22-/m1/s1. The van der Waals surface area contributed by atoms with Gasteiger partial charge in [0.1, 0.15) is 6.61 Å². The van der Waals surface area contributed by atoms with Crippen molar-refractivity contribution in [1.82, 2.24) is 0 Å². The van der Waals surface area contributed by atoms with E-state index in [-0.39, 0.29) is 6.04 Å². The molecule has 2 aromatic carbocycles. The highest BCUT2D eigenvalue weighted by molar-refractivity contribution is 5.93. The molecule has 3 aromatic rings. The molecular weight excluding hydrogens is 360 g/mol. The molecule has 0 spiro atoms. The fraction of sp³-hybridized carbons (Fsp3) is 0.280. The SMILES string of the molecule is [O-][n+]1c2ccc(c1C1=N[C@H](Cc3ccccc3)CO1)CCc1ccc(cc1)CC2. The van der Waals surface area contributed by atoms with E-state index >= 15 is 0 Å². The number of rotatable bonds is 3. The van der Waals surface area contributed by atoms with Crippen LogP contribution in [0, 0.1) is 5.21 Å². The topological polar surface area (TPSA) is 48.5 Å². The lowest BCUT2D eigenvalue weighted by Crippen LogP contribution is -2.41. The molecule has 0 saturated heterocycles. The van der Waals surface area contributed by atoms with E-state index in [0.717, 1.165) is 41.7 Å². The van der Waals surface area contributed by atoms with Gasteiger partial charge in [-0.15, -0.1) is 0 Å². The molecule has 0 N–H and O–H groups in total. The van der Waals surface area contributed by atoms with Gasteiger partial charge in [-0.25, -0.2) is 4.99 Å². The molecule has 1 atom stereocenters. The zero-order chi connectivity index (χ0) is 19.6. The van der Waals surface area contributed by atoms with Gasteiger partial charge in [-0.2, -0.15) is 4.73 Å². The molecule has 4 heterocycles. The van der Waals surface area contributed by atoms with Gasteiger partial charge in [0.25, 0.3) is 11.6 Å². The zero-order valence-corrected chi connectivity index (χ0v) is 16.4. The highest BCUT2D eigenvalue weighted by Gasteiger charge is 2.30. The number of hydrogen-bond acceptors (Lipinski definition) is 3. The van der Waals surface area contributed by atoms with Crippen molar-refractivity contribution in [2.45, 2.75) is 38.1 Å². The van der Waals surface area contributed by atoms with Crippen LogP contribution in [-0.2, 0) is 36.8 Å². The molecule has 8 rings (SSSR count). The number of hydrogen-bond donors (Lipinski definition) is 0. The third-order valence-electron chi connectivity index (χ3n) is 5.85. The molecule has 0 unspecified atom stereocenters. The van der Waals surface area contributed by atoms with E-state index in [0.29, 0.717) is 24.6 Å². The molecule has 29 heavy (non-hydrogen) atoms. The van der Waals surface area contributed by atoms with Crippen molar-refractivity contribution >= 4 is 5.90 Å². The summed E-state index contributed by atoms with van der Waals surface area (Å²) in [6, 6.07) is 23.2. The molecule has 0 radical (unpaired) electrons. The van der Waals surface area contributed by atoms with Crippen molar-refractivity contribution in [3.05, 3.63) is 106 Å². The lowest BCUT2D eigenvalue weighted by molar-refractivity contribution is -0.616. The Kier molecular flexibility index (Phi) is 4.76. The van der Waals surface area contributed by atoms with E-state index in [1.807, 2.05) is 24.3 Å². The Bertz CT molecular complexity index is 1040. The highest BCUT2D eigenvalue weighted by Crippen LogP contribution is 2.20. The van der Waals surface area contributed by atoms with Crippen molar-refractivity contribution in [2.24, 2.45) is 4.99 Å². The summed E-state index contributed by atoms with van der Waals surface area (Å²) in [5, 5.41) is 13.2. The number of aryl methyl sites for hydroxylation is 4. The second kappa shape index (κ2) is 7.70. The summed E-state index contributed by atoms with van der Waals surface area (Å²) >= 11 is 0. The van der Waals surface area contributed by atoms with Crippen LogP contribution in [0.3, 0.4) is 0 Å². The summed E-state index contributed by atoms with van der Waals surface area (Å²) in [6.07, 6.45) is 4.07. The highest BCUT2D eigenvalue weighted by atomic mass is 16.5. The average Bonchev–Trinajstić information content (AvgIpc) is 3.19. The summed E-state index contributed by atoms with van der Waals surface area (Å²) in [7, 11) is 0. The summed E-state index contributed by atoms with van der Waals surface area (Å²) < 4.78 is 7.01. The molecule has 2 aliphatic carbocycles. The lowest BCUT2D eigenvalue weighted by atomic mass is 9.98. The van der Waals surface area contributed by atoms with Crippen LogP contribution >= 0.6 is 0 Å². The summed E-state index contributed by atoms with van der Waals surface area (Å²) in [5.41, 5.74) is 6.17. The number of aromatic nitrogens is 1. The van der Waals surface area contributed by atoms with Crippen LogP contribution in [-0.4, -0.2) is 18.5 Å². The molecule has 0 saturated carbocycles. The number of ether oxygens (including phenoxy) is 1. The van der Waals surface area contributed by atoms with Crippen molar-refractivity contribution < 1.29 is 9.47 Å². The predicted molar refractivity (Wildman–Crippen MR) is 113 cm³/mol. The van der Waals surface area contributed by atoms with Crippen LogP contribution in [0.2, 0.25) is 0 Å². The number of pyridine rings is 1. The molecule has 1 aromatic heterocycles. The van der Waals surface area contributed by atoms with Gasteiger partial charge in [0.2, 0.25) is 0 Å². The van der Waals surface area contributed by atoms with E-state index in [9.17, 15) is 5.21 Å². The summed E-state index contributed by atoms with van der Waals surface area (Å²) in [6.45, 7) is 0.522. The van der Waals surface area contributed by atoms with Gasteiger partial charge in [-0.1, -0.05) is 54.6 Å². The third-order valence-corrected chi connectivity index (χ3v) is 5.85. The van der Waals surface area contributed by atoms with Crippen LogP contribution in [0.4, 0.5) is 0 Å². The second-order valence-electron chi connectivity index (χ2n) is 7.90. The van der Waals surface area contributed by atoms with Crippen molar-refractivity contribution in [3.8, 4) is 0 Å². The van der Waals surface area contributed by atoms with Gasteiger partial charge in [-0.3, -0.25) is 0 Å². The maximum atomic E-state index is 13.2. The van der Waals surface area contributed by atoms with E-state index in [1.54, 1.807) is 0 Å². The smallest absolute Gasteiger partial charge is 0.285 e. The van der Waals surface area contributed by atoms with Gasteiger partial charge >= 0.3 is 0 Å². The number of benzene rings is 2. The fourth-order valence-electron chi connectivity index (χ4n) is 4.19. The average molecular weight is 384 g/mol. The Morgan fingerprint density at radius 2 is 1.59 bits per heavy atom. The number of aliphatic imine (C=N–C) groups is 1. The first kappa shape index (κ1) is 17.9. The van der Waals surface area contributed by atoms with Gasteiger partial charge in [0.05, 0.1) is 6.04 Å². The first-order valence-corrected chi connectivity index (χ1v) is 10.3. The zero-order valence-electron chi connectivity index (χ0n) is 16.4. The Hall–Kier alpha value is -3.14. The maximum absolute atomic E-state index is 13.2. The molecule has 4 heteroatoms. The van der Waals surface area contributed by atoms with Crippen LogP contribution in [0.1, 0.15) is 33.6 Å². The Balaban J connectivity index is 1.47. The minimum Gasteiger partial charge on any atom is -0.618 e. The minimum atomic E-state index is 0.0506. The maximum Gasteiger partial charge on any atom is 0.285 e. The largest absolute Gasteiger partial charge is 0.618 e. The number of nitrogens with zero attached hydrogens (tertiary/aromatic N) is 2. The molecule has 5 aliphatic rings. The summed E-state index contributed by atoms with van der Waals surface area (Å²) in [4.78, 5) is 4.80. The van der Waals surface area contributed by atoms with Crippen LogP contribution < -0.4 is 4.73 Å². The van der Waals surface area contributed by atoms with E-state index in [4.69, 9.17) is 9.73 Å². The molecule has 4 bridgehead atoms. The Morgan fingerprint density at radius 3 is 2.34 bits per heavy atom. The van der Waals surface area contributed by atoms with E-state index in [2.05, 4.69) is 42.5 Å². The van der Waals surface area contributed by atoms with Gasteiger partial charge in [0.15, 0.2) is 5.69 Å². The van der Waals surface area contributed by atoms with Crippen molar-refractivity contribution in [1.29, 1.82) is 0 Å². The molecule has 146 valence electrons. The lowest BCUT2D eigenvalue weighted by Gasteiger charge is -2.14. The van der Waals surface area contributed by atoms with Gasteiger partial charge in [0, 0.05) is 18.1 Å². The van der Waals surface area contributed by atoms with Crippen LogP contribution in [0.5, 0.6) is 0 Å². The monoisotopic (exact) mass is 384 g/mol. The van der Waals surface area contributed by atoms with Crippen LogP contribution in [0.15, 0.2) is 71.7 Å². The third kappa shape index (κ3) is 3.75. The van der Waals surface area contributed by atoms with Gasteiger partial charge in [-0.05, 0) is 48.4 Å². The molecule has 0 amide bonds. The normalized spacial score (nSPS) is 18.1. The minimum absolute atomic E-state index is 0.0506. The summed E-state index contributed by atoms with van der Waals surface area (Å²) in [5.74, 6) is 0.503. The first-order chi connectivity index (χ1) is 14.3. The Labute approximate surface area is 171 Å².